The van der Waals surface area contributed by atoms with Gasteiger partial charge in [-0.05, 0) is 43.0 Å². The van der Waals surface area contributed by atoms with E-state index < -0.39 is 12.1 Å². The number of aromatic nitrogens is 1. The highest BCUT2D eigenvalue weighted by atomic mass is 16.2. The molecule has 1 aliphatic carbocycles. The third-order valence-corrected chi connectivity index (χ3v) is 6.83. The fourth-order valence-electron chi connectivity index (χ4n) is 5.07. The Kier molecular flexibility index (Phi) is 4.15. The summed E-state index contributed by atoms with van der Waals surface area (Å²) in [6, 6.07) is 14.1. The van der Waals surface area contributed by atoms with Crippen molar-refractivity contribution in [3.05, 3.63) is 70.9 Å². The average molecular weight is 428 g/mol. The van der Waals surface area contributed by atoms with Gasteiger partial charge in [0.1, 0.15) is 12.1 Å². The molecule has 32 heavy (non-hydrogen) atoms. The van der Waals surface area contributed by atoms with Crippen molar-refractivity contribution in [1.82, 2.24) is 20.5 Å². The van der Waals surface area contributed by atoms with Gasteiger partial charge in [-0.2, -0.15) is 0 Å². The Morgan fingerprint density at radius 1 is 1.09 bits per heavy atom. The highest BCUT2D eigenvalue weighted by Gasteiger charge is 2.49. The predicted octanol–water partition coefficient (Wildman–Crippen LogP) is 2.42. The van der Waals surface area contributed by atoms with Gasteiger partial charge in [0, 0.05) is 34.6 Å². The average Bonchev–Trinajstić information content (AvgIpc) is 3.46. The molecule has 3 aromatic rings. The maximum absolute atomic E-state index is 13.4. The Bertz CT molecular complexity index is 1280. The third-order valence-electron chi connectivity index (χ3n) is 6.83. The Morgan fingerprint density at radius 2 is 1.84 bits per heavy atom. The van der Waals surface area contributed by atoms with E-state index in [2.05, 4.69) is 15.6 Å². The maximum Gasteiger partial charge on any atom is 0.255 e. The fourth-order valence-corrected chi connectivity index (χ4v) is 5.07. The van der Waals surface area contributed by atoms with Gasteiger partial charge in [-0.15, -0.1) is 0 Å². The largest absolute Gasteiger partial charge is 0.356 e. The lowest BCUT2D eigenvalue weighted by molar-refractivity contribution is -0.131. The molecule has 3 amide bonds. The van der Waals surface area contributed by atoms with Crippen LogP contribution in [0.15, 0.2) is 48.5 Å². The van der Waals surface area contributed by atoms with Gasteiger partial charge < -0.3 is 20.5 Å². The normalized spacial score (nSPS) is 22.2. The van der Waals surface area contributed by atoms with E-state index in [1.807, 2.05) is 48.5 Å². The van der Waals surface area contributed by atoms with Gasteiger partial charge in [0.15, 0.2) is 0 Å². The van der Waals surface area contributed by atoms with Crippen molar-refractivity contribution in [2.75, 3.05) is 0 Å². The van der Waals surface area contributed by atoms with Gasteiger partial charge in [-0.1, -0.05) is 36.4 Å². The van der Waals surface area contributed by atoms with Crippen LogP contribution in [0, 0.1) is 0 Å². The molecule has 7 heteroatoms. The quantitative estimate of drug-likeness (QED) is 0.596. The first-order valence-electron chi connectivity index (χ1n) is 11.1. The number of carbonyl (C=O) groups excluding carboxylic acids is 3. The first kappa shape index (κ1) is 19.1. The number of hydrogen-bond donors (Lipinski definition) is 3. The Hall–Kier alpha value is -3.61. The van der Waals surface area contributed by atoms with Crippen LogP contribution >= 0.6 is 0 Å². The van der Waals surface area contributed by atoms with Crippen LogP contribution in [0.5, 0.6) is 0 Å². The maximum atomic E-state index is 13.4. The first-order valence-corrected chi connectivity index (χ1v) is 11.1. The summed E-state index contributed by atoms with van der Waals surface area (Å²) in [6.07, 6.45) is 2.37. The lowest BCUT2D eigenvalue weighted by Crippen LogP contribution is -2.56. The first-order chi connectivity index (χ1) is 15.5. The van der Waals surface area contributed by atoms with Gasteiger partial charge in [0.25, 0.3) is 5.91 Å². The molecule has 1 saturated carbocycles. The number of nitrogens with one attached hydrogen (secondary N) is 3. The standard InChI is InChI=1S/C25H24N4O3/c1-13(23(30)27-14-10-11-14)26-24(31)20-12-18-15-6-4-5-9-19(15)28-21(18)22-16-7-2-3-8-17(16)25(32)29(20)22/h2-9,13-14,20,22,28H,10-12H2,1H3,(H,26,31)(H,27,30)/t13-,20-,22+/m0/s1. The van der Waals surface area contributed by atoms with Crippen LogP contribution in [0.4, 0.5) is 0 Å². The number of benzene rings is 2. The molecule has 3 atom stereocenters. The number of H-pyrrole nitrogens is 1. The van der Waals surface area contributed by atoms with Crippen LogP contribution in [-0.4, -0.2) is 45.7 Å². The minimum Gasteiger partial charge on any atom is -0.356 e. The van der Waals surface area contributed by atoms with Crippen LogP contribution in [0.25, 0.3) is 10.9 Å². The molecular weight excluding hydrogens is 404 g/mol. The number of rotatable bonds is 4. The lowest BCUT2D eigenvalue weighted by atomic mass is 9.90. The highest BCUT2D eigenvalue weighted by molar-refractivity contribution is 6.04. The molecule has 0 radical (unpaired) electrons. The molecule has 0 saturated heterocycles. The molecule has 2 aromatic carbocycles. The zero-order chi connectivity index (χ0) is 22.0. The summed E-state index contributed by atoms with van der Waals surface area (Å²) >= 11 is 0. The SMILES string of the molecule is C[C@H](NC(=O)[C@@H]1Cc2c([nH]c3ccccc23)[C@H]2c3ccccc3C(=O)N21)C(=O)NC1CC1. The summed E-state index contributed by atoms with van der Waals surface area (Å²) in [5, 5.41) is 6.85. The van der Waals surface area contributed by atoms with E-state index in [0.717, 1.165) is 40.6 Å². The van der Waals surface area contributed by atoms with Crippen LogP contribution in [-0.2, 0) is 16.0 Å². The van der Waals surface area contributed by atoms with Crippen molar-refractivity contribution >= 4 is 28.6 Å². The topological polar surface area (TPSA) is 94.3 Å². The molecule has 1 aromatic heterocycles. The number of amides is 3. The van der Waals surface area contributed by atoms with Gasteiger partial charge in [0.2, 0.25) is 11.8 Å². The molecule has 2 aliphatic heterocycles. The number of aromatic amines is 1. The second-order valence-corrected chi connectivity index (χ2v) is 9.00. The number of hydrogen-bond acceptors (Lipinski definition) is 3. The van der Waals surface area contributed by atoms with Crippen molar-refractivity contribution in [2.45, 2.75) is 50.4 Å². The summed E-state index contributed by atoms with van der Waals surface area (Å²) in [7, 11) is 0. The predicted molar refractivity (Wildman–Crippen MR) is 119 cm³/mol. The van der Waals surface area contributed by atoms with E-state index in [1.165, 1.54) is 0 Å². The molecule has 0 spiro atoms. The summed E-state index contributed by atoms with van der Waals surface area (Å²) < 4.78 is 0. The molecule has 3 N–H and O–H groups in total. The van der Waals surface area contributed by atoms with E-state index in [4.69, 9.17) is 0 Å². The molecule has 3 aliphatic rings. The van der Waals surface area contributed by atoms with Gasteiger partial charge in [-0.3, -0.25) is 14.4 Å². The van der Waals surface area contributed by atoms with Crippen molar-refractivity contribution in [1.29, 1.82) is 0 Å². The van der Waals surface area contributed by atoms with Crippen molar-refractivity contribution in [2.24, 2.45) is 0 Å². The second-order valence-electron chi connectivity index (χ2n) is 9.00. The fraction of sp³-hybridized carbons (Fsp3) is 0.320. The molecule has 7 nitrogen and oxygen atoms in total. The second kappa shape index (κ2) is 6.95. The Balaban J connectivity index is 1.39. The van der Waals surface area contributed by atoms with E-state index in [1.54, 1.807) is 11.8 Å². The molecule has 3 heterocycles. The highest BCUT2D eigenvalue weighted by Crippen LogP contribution is 2.46. The van der Waals surface area contributed by atoms with E-state index >= 15 is 0 Å². The minimum atomic E-state index is -0.692. The summed E-state index contributed by atoms with van der Waals surface area (Å²) in [6.45, 7) is 1.69. The number of carbonyl (C=O) groups is 3. The van der Waals surface area contributed by atoms with Crippen molar-refractivity contribution in [3.8, 4) is 0 Å². The summed E-state index contributed by atoms with van der Waals surface area (Å²) in [5.41, 5.74) is 4.55. The summed E-state index contributed by atoms with van der Waals surface area (Å²) in [4.78, 5) is 44.4. The van der Waals surface area contributed by atoms with Crippen molar-refractivity contribution < 1.29 is 14.4 Å². The Morgan fingerprint density at radius 3 is 2.66 bits per heavy atom. The molecule has 162 valence electrons. The number of nitrogens with zero attached hydrogens (tertiary/aromatic N) is 1. The van der Waals surface area contributed by atoms with Crippen LogP contribution < -0.4 is 10.6 Å². The Labute approximate surface area is 185 Å². The van der Waals surface area contributed by atoms with E-state index in [-0.39, 0.29) is 29.8 Å². The van der Waals surface area contributed by atoms with Crippen molar-refractivity contribution in [3.63, 3.8) is 0 Å². The van der Waals surface area contributed by atoms with Crippen LogP contribution in [0.3, 0.4) is 0 Å². The molecule has 0 bridgehead atoms. The number of fused-ring (bicyclic) bond motifs is 7. The zero-order valence-corrected chi connectivity index (χ0v) is 17.7. The third kappa shape index (κ3) is 2.84. The lowest BCUT2D eigenvalue weighted by Gasteiger charge is -2.37. The van der Waals surface area contributed by atoms with Gasteiger partial charge >= 0.3 is 0 Å². The van der Waals surface area contributed by atoms with E-state index in [9.17, 15) is 14.4 Å². The minimum absolute atomic E-state index is 0.148. The van der Waals surface area contributed by atoms with Crippen LogP contribution in [0.2, 0.25) is 0 Å². The molecular formula is C25H24N4O3. The summed E-state index contributed by atoms with van der Waals surface area (Å²) in [5.74, 6) is -0.632. The zero-order valence-electron chi connectivity index (χ0n) is 17.7. The molecule has 0 unspecified atom stereocenters. The van der Waals surface area contributed by atoms with E-state index in [0.29, 0.717) is 12.0 Å². The number of para-hydroxylation sites is 1. The van der Waals surface area contributed by atoms with Gasteiger partial charge in [-0.25, -0.2) is 0 Å². The van der Waals surface area contributed by atoms with Crippen LogP contribution in [0.1, 0.15) is 53.0 Å². The smallest absolute Gasteiger partial charge is 0.255 e. The van der Waals surface area contributed by atoms with Gasteiger partial charge in [0.05, 0.1) is 6.04 Å². The molecule has 1 fully saturated rings. The monoisotopic (exact) mass is 428 g/mol. The molecule has 6 rings (SSSR count).